The molecule has 0 saturated carbocycles. The lowest BCUT2D eigenvalue weighted by Crippen LogP contribution is -2.59. The maximum atomic E-state index is 12.8. The molecule has 1 atom stereocenters. The van der Waals surface area contributed by atoms with Gasteiger partial charge in [0.2, 0.25) is 5.91 Å². The summed E-state index contributed by atoms with van der Waals surface area (Å²) in [6.07, 6.45) is 10.9. The lowest BCUT2D eigenvalue weighted by atomic mass is 10.0. The summed E-state index contributed by atoms with van der Waals surface area (Å²) >= 11 is 6.22. The highest BCUT2D eigenvalue weighted by Crippen LogP contribution is 2.20. The minimum Gasteiger partial charge on any atom is -0.366 e. The molecular formula is C31H45N5OS2. The molecule has 0 radical (unpaired) electrons. The quantitative estimate of drug-likeness (QED) is 0.169. The Hall–Kier alpha value is -2.49. The molecule has 0 bridgehead atoms. The van der Waals surface area contributed by atoms with Crippen LogP contribution in [0.4, 0.5) is 0 Å². The van der Waals surface area contributed by atoms with Gasteiger partial charge in [0.05, 0.1) is 13.1 Å². The Labute approximate surface area is 244 Å². The normalized spacial score (nSPS) is 15.9. The van der Waals surface area contributed by atoms with E-state index in [1.807, 2.05) is 28.8 Å². The molecule has 1 saturated heterocycles. The van der Waals surface area contributed by atoms with Crippen LogP contribution in [0.5, 0.6) is 0 Å². The van der Waals surface area contributed by atoms with Crippen molar-refractivity contribution in [3.63, 3.8) is 0 Å². The molecule has 2 aromatic rings. The van der Waals surface area contributed by atoms with E-state index in [0.29, 0.717) is 26.1 Å². The van der Waals surface area contributed by atoms with Crippen molar-refractivity contribution in [2.75, 3.05) is 32.1 Å². The molecule has 1 aliphatic heterocycles. The molecule has 1 aliphatic carbocycles. The molecule has 1 fully saturated rings. The molecule has 212 valence electrons. The van der Waals surface area contributed by atoms with E-state index in [-0.39, 0.29) is 12.1 Å². The summed E-state index contributed by atoms with van der Waals surface area (Å²) in [5.74, 6) is 5.91. The molecule has 1 amide bonds. The van der Waals surface area contributed by atoms with Crippen molar-refractivity contribution < 1.29 is 4.79 Å². The number of piperazine rings is 1. The largest absolute Gasteiger partial charge is 0.366 e. The number of carbonyl (C=O) groups excluding carboxylic acids is 1. The third-order valence-electron chi connectivity index (χ3n) is 6.45. The number of thioether (sulfide) groups is 1. The summed E-state index contributed by atoms with van der Waals surface area (Å²) in [6.45, 7) is 12.9. The van der Waals surface area contributed by atoms with Crippen LogP contribution >= 0.6 is 24.4 Å². The van der Waals surface area contributed by atoms with Crippen molar-refractivity contribution in [3.8, 4) is 0 Å². The molecule has 0 spiro atoms. The predicted molar refractivity (Wildman–Crippen MR) is 172 cm³/mol. The number of thiol groups is 1. The average Bonchev–Trinajstić information content (AvgIpc) is 2.95. The topological polar surface area (TPSA) is 73.6 Å². The molecule has 8 heteroatoms. The molecular weight excluding hydrogens is 523 g/mol. The van der Waals surface area contributed by atoms with Gasteiger partial charge in [0.25, 0.3) is 0 Å². The van der Waals surface area contributed by atoms with Gasteiger partial charge in [-0.25, -0.2) is 0 Å². The second-order valence-electron chi connectivity index (χ2n) is 9.30. The van der Waals surface area contributed by atoms with Gasteiger partial charge >= 0.3 is 0 Å². The Morgan fingerprint density at radius 2 is 1.87 bits per heavy atom. The number of rotatable bonds is 8. The standard InChI is InChI=1S/C27H31N3OS.C3H8S.CH6N2/c1-3-7-27(31)30-17-20(2)29(18-23-10-6-9-22-8-4-5-11-25(22)23)19-26(30)28-16-21-12-14-24(32)15-13-21;1-3-4-2;1-3-2/h3,6,8-15,26,28,32H,1-2,4-5,7,16-19H2;3H2,1-2H3;3H,2H2,1H3. The first-order valence-corrected chi connectivity index (χ1v) is 15.2. The third kappa shape index (κ3) is 10.5. The first-order chi connectivity index (χ1) is 18.9. The first-order valence-electron chi connectivity index (χ1n) is 13.4. The van der Waals surface area contributed by atoms with Crippen molar-refractivity contribution in [2.24, 2.45) is 5.84 Å². The van der Waals surface area contributed by atoms with Crippen molar-refractivity contribution in [2.45, 2.75) is 50.3 Å². The Morgan fingerprint density at radius 3 is 2.51 bits per heavy atom. The van der Waals surface area contributed by atoms with E-state index in [9.17, 15) is 4.79 Å². The highest BCUT2D eigenvalue weighted by molar-refractivity contribution is 7.98. The Bertz CT molecular complexity index is 1180. The zero-order valence-electron chi connectivity index (χ0n) is 23.7. The van der Waals surface area contributed by atoms with Crippen LogP contribution in [0.25, 0.3) is 12.2 Å². The highest BCUT2D eigenvalue weighted by atomic mass is 32.2. The van der Waals surface area contributed by atoms with Gasteiger partial charge in [0.15, 0.2) is 0 Å². The zero-order valence-corrected chi connectivity index (χ0v) is 25.4. The van der Waals surface area contributed by atoms with Crippen LogP contribution in [-0.2, 0) is 17.9 Å². The van der Waals surface area contributed by atoms with Crippen LogP contribution in [0, 0.1) is 0 Å². The number of nitrogens with zero attached hydrogens (tertiary/aromatic N) is 2. The molecule has 2 aromatic carbocycles. The van der Waals surface area contributed by atoms with E-state index in [0.717, 1.165) is 35.5 Å². The monoisotopic (exact) mass is 567 g/mol. The maximum absolute atomic E-state index is 12.8. The molecule has 6 nitrogen and oxygen atoms in total. The van der Waals surface area contributed by atoms with Gasteiger partial charge in [0, 0.05) is 30.1 Å². The fourth-order valence-electron chi connectivity index (χ4n) is 4.42. The first kappa shape index (κ1) is 32.7. The summed E-state index contributed by atoms with van der Waals surface area (Å²) in [5, 5.41) is 6.26. The summed E-state index contributed by atoms with van der Waals surface area (Å²) in [6, 6.07) is 14.6. The third-order valence-corrected chi connectivity index (χ3v) is 7.32. The number of carbonyl (C=O) groups is 1. The van der Waals surface area contributed by atoms with E-state index in [2.05, 4.69) is 103 Å². The van der Waals surface area contributed by atoms with Crippen molar-refractivity contribution >= 4 is 42.4 Å². The van der Waals surface area contributed by atoms with Crippen LogP contribution in [0.15, 0.2) is 72.3 Å². The summed E-state index contributed by atoms with van der Waals surface area (Å²) in [4.78, 5) is 18.0. The Morgan fingerprint density at radius 1 is 1.21 bits per heavy atom. The van der Waals surface area contributed by atoms with Gasteiger partial charge in [-0.05, 0) is 65.6 Å². The SMILES string of the molecule is C=CCC(=O)N1CC(=C)N(Cc2cccc3c2=CCCC=3)CC1NCc1ccc(S)cc1.CCSC.CNN. The van der Waals surface area contributed by atoms with E-state index >= 15 is 0 Å². The van der Waals surface area contributed by atoms with Gasteiger partial charge in [-0.2, -0.15) is 11.8 Å². The van der Waals surface area contributed by atoms with Gasteiger partial charge in [-0.3, -0.25) is 21.4 Å². The van der Waals surface area contributed by atoms with Gasteiger partial charge in [-0.1, -0.05) is 62.1 Å². The van der Waals surface area contributed by atoms with E-state index in [4.69, 9.17) is 0 Å². The number of fused-ring (bicyclic) bond motifs is 1. The number of nitrogens with one attached hydrogen (secondary N) is 2. The average molecular weight is 568 g/mol. The maximum Gasteiger partial charge on any atom is 0.228 e. The fraction of sp³-hybridized carbons (Fsp3) is 0.387. The van der Waals surface area contributed by atoms with Crippen molar-refractivity contribution in [3.05, 3.63) is 89.0 Å². The summed E-state index contributed by atoms with van der Waals surface area (Å²) in [5.41, 5.74) is 5.70. The van der Waals surface area contributed by atoms with Gasteiger partial charge in [-0.15, -0.1) is 19.2 Å². The number of hydrogen-bond acceptors (Lipinski definition) is 7. The molecule has 1 heterocycles. The van der Waals surface area contributed by atoms with Crippen LogP contribution in [0.1, 0.15) is 37.3 Å². The minimum atomic E-state index is -0.0984. The van der Waals surface area contributed by atoms with E-state index < -0.39 is 0 Å². The lowest BCUT2D eigenvalue weighted by molar-refractivity contribution is -0.135. The van der Waals surface area contributed by atoms with Gasteiger partial charge in [0.1, 0.15) is 6.17 Å². The Balaban J connectivity index is 0.000000686. The fourth-order valence-corrected chi connectivity index (χ4v) is 4.57. The van der Waals surface area contributed by atoms with Crippen LogP contribution in [0.2, 0.25) is 0 Å². The lowest BCUT2D eigenvalue weighted by Gasteiger charge is -2.44. The molecule has 1 unspecified atom stereocenters. The van der Waals surface area contributed by atoms with Crippen molar-refractivity contribution in [1.29, 1.82) is 0 Å². The molecule has 0 aromatic heterocycles. The highest BCUT2D eigenvalue weighted by Gasteiger charge is 2.31. The minimum absolute atomic E-state index is 0.0732. The number of hydrogen-bond donors (Lipinski definition) is 4. The number of benzene rings is 2. The number of nitrogens with two attached hydrogens (primary N) is 1. The van der Waals surface area contributed by atoms with Crippen LogP contribution < -0.4 is 27.0 Å². The number of hydrazine groups is 1. The number of amides is 1. The van der Waals surface area contributed by atoms with E-state index in [1.165, 1.54) is 21.8 Å². The zero-order chi connectivity index (χ0) is 28.6. The second-order valence-corrected chi connectivity index (χ2v) is 11.0. The molecule has 4 N–H and O–H groups in total. The molecule has 39 heavy (non-hydrogen) atoms. The summed E-state index contributed by atoms with van der Waals surface area (Å²) < 4.78 is 0. The van der Waals surface area contributed by atoms with Crippen LogP contribution in [0.3, 0.4) is 0 Å². The van der Waals surface area contributed by atoms with Gasteiger partial charge < -0.3 is 9.80 Å². The molecule has 4 rings (SSSR count). The smallest absolute Gasteiger partial charge is 0.228 e. The van der Waals surface area contributed by atoms with E-state index in [1.54, 1.807) is 13.1 Å². The summed E-state index contributed by atoms with van der Waals surface area (Å²) in [7, 11) is 1.65. The predicted octanol–water partition coefficient (Wildman–Crippen LogP) is 3.63. The van der Waals surface area contributed by atoms with Crippen LogP contribution in [-0.4, -0.2) is 54.0 Å². The Kier molecular flexibility index (Phi) is 15.1. The second kappa shape index (κ2) is 18.0. The molecule has 2 aliphatic rings. The van der Waals surface area contributed by atoms with Crippen molar-refractivity contribution in [1.82, 2.24) is 20.5 Å².